The van der Waals surface area contributed by atoms with Crippen LogP contribution in [-0.4, -0.2) is 31.7 Å². The van der Waals surface area contributed by atoms with Gasteiger partial charge in [-0.05, 0) is 55.8 Å². The Morgan fingerprint density at radius 2 is 1.75 bits per heavy atom. The Labute approximate surface area is 192 Å². The molecule has 0 bridgehead atoms. The minimum atomic E-state index is -0.0839. The van der Waals surface area contributed by atoms with Crippen molar-refractivity contribution in [1.82, 2.24) is 19.2 Å². The molecule has 0 saturated heterocycles. The van der Waals surface area contributed by atoms with Gasteiger partial charge in [0.25, 0.3) is 0 Å². The lowest BCUT2D eigenvalue weighted by Gasteiger charge is -2.37. The number of hydrogen-bond acceptors (Lipinski definition) is 2. The average Bonchev–Trinajstić information content (AvgIpc) is 3.39. The molecule has 162 valence electrons. The van der Waals surface area contributed by atoms with Crippen LogP contribution in [0, 0.1) is 13.8 Å². The fourth-order valence-corrected chi connectivity index (χ4v) is 4.78. The van der Waals surface area contributed by atoms with Crippen LogP contribution in [-0.2, 0) is 17.8 Å². The summed E-state index contributed by atoms with van der Waals surface area (Å²) in [5, 5.41) is 5.40. The van der Waals surface area contributed by atoms with Gasteiger partial charge in [-0.2, -0.15) is 5.10 Å². The Morgan fingerprint density at radius 1 is 1.00 bits per heavy atom. The van der Waals surface area contributed by atoms with Crippen molar-refractivity contribution in [2.75, 3.05) is 6.54 Å². The van der Waals surface area contributed by atoms with Crippen molar-refractivity contribution >= 4 is 17.5 Å². The van der Waals surface area contributed by atoms with Gasteiger partial charge in [0, 0.05) is 41.3 Å². The summed E-state index contributed by atoms with van der Waals surface area (Å²) in [5.74, 6) is 0.119. The number of aryl methyl sites for hydroxylation is 1. The number of halogens is 1. The van der Waals surface area contributed by atoms with E-state index in [0.717, 1.165) is 40.4 Å². The molecule has 32 heavy (non-hydrogen) atoms. The number of rotatable bonds is 4. The first kappa shape index (κ1) is 20.6. The monoisotopic (exact) mass is 444 g/mol. The predicted molar refractivity (Wildman–Crippen MR) is 126 cm³/mol. The van der Waals surface area contributed by atoms with Gasteiger partial charge in [-0.1, -0.05) is 41.9 Å². The second kappa shape index (κ2) is 8.32. The predicted octanol–water partition coefficient (Wildman–Crippen LogP) is 5.12. The summed E-state index contributed by atoms with van der Waals surface area (Å²) in [4.78, 5) is 15.7. The van der Waals surface area contributed by atoms with Crippen LogP contribution < -0.4 is 0 Å². The van der Waals surface area contributed by atoms with E-state index in [1.54, 1.807) is 0 Å². The first-order valence-electron chi connectivity index (χ1n) is 10.8. The molecular formula is C26H25ClN4O. The van der Waals surface area contributed by atoms with Crippen LogP contribution in [0.2, 0.25) is 5.02 Å². The molecular weight excluding hydrogens is 420 g/mol. The van der Waals surface area contributed by atoms with Crippen LogP contribution in [0.5, 0.6) is 0 Å². The van der Waals surface area contributed by atoms with Gasteiger partial charge in [0.1, 0.15) is 0 Å². The summed E-state index contributed by atoms with van der Waals surface area (Å²) < 4.78 is 4.14. The summed E-state index contributed by atoms with van der Waals surface area (Å²) in [6.45, 7) is 5.48. The van der Waals surface area contributed by atoms with Crippen molar-refractivity contribution in [3.8, 4) is 5.69 Å². The highest BCUT2D eigenvalue weighted by atomic mass is 35.5. The normalized spacial score (nSPS) is 15.6. The highest BCUT2D eigenvalue weighted by molar-refractivity contribution is 6.30. The summed E-state index contributed by atoms with van der Waals surface area (Å²) in [7, 11) is 0. The molecule has 0 N–H and O–H groups in total. The molecule has 1 aliphatic heterocycles. The maximum Gasteiger partial charge on any atom is 0.228 e. The minimum Gasteiger partial charge on any atom is -0.348 e. The molecule has 0 spiro atoms. The van der Waals surface area contributed by atoms with Gasteiger partial charge in [-0.15, -0.1) is 0 Å². The van der Waals surface area contributed by atoms with Gasteiger partial charge < -0.3 is 9.47 Å². The number of fused-ring (bicyclic) bond motifs is 1. The summed E-state index contributed by atoms with van der Waals surface area (Å²) in [6.07, 6.45) is 2.42. The van der Waals surface area contributed by atoms with Crippen molar-refractivity contribution in [1.29, 1.82) is 0 Å². The molecule has 1 unspecified atom stereocenters. The first-order chi connectivity index (χ1) is 15.5. The molecule has 1 atom stereocenters. The molecule has 0 radical (unpaired) electrons. The highest BCUT2D eigenvalue weighted by Gasteiger charge is 2.32. The van der Waals surface area contributed by atoms with Crippen molar-refractivity contribution in [3.63, 3.8) is 0 Å². The SMILES string of the molecule is Cc1nn(-c2ccc(Cl)cc2)c(C)c1CC(=O)N1CCn2cccc2C1c1ccccc1. The van der Waals surface area contributed by atoms with Crippen LogP contribution in [0.4, 0.5) is 0 Å². The van der Waals surface area contributed by atoms with Crippen LogP contribution in [0.25, 0.3) is 5.69 Å². The Balaban J connectivity index is 1.46. The Kier molecular flexibility index (Phi) is 5.35. The number of amides is 1. The topological polar surface area (TPSA) is 43.1 Å². The van der Waals surface area contributed by atoms with E-state index in [2.05, 4.69) is 35.0 Å². The number of carbonyl (C=O) groups is 1. The third-order valence-electron chi connectivity index (χ3n) is 6.31. The van der Waals surface area contributed by atoms with Gasteiger partial charge >= 0.3 is 0 Å². The standard InChI is InChI=1S/C26H25ClN4O/c1-18-23(19(2)31(28-18)22-12-10-21(27)11-13-22)17-25(32)30-16-15-29-14-6-9-24(29)26(30)20-7-4-3-5-8-20/h3-14,26H,15-17H2,1-2H3. The van der Waals surface area contributed by atoms with Gasteiger partial charge in [0.05, 0.1) is 23.8 Å². The summed E-state index contributed by atoms with van der Waals surface area (Å²) >= 11 is 6.04. The molecule has 4 aromatic rings. The van der Waals surface area contributed by atoms with E-state index in [1.165, 1.54) is 0 Å². The van der Waals surface area contributed by atoms with E-state index >= 15 is 0 Å². The largest absolute Gasteiger partial charge is 0.348 e. The number of aromatic nitrogens is 3. The van der Waals surface area contributed by atoms with Crippen LogP contribution >= 0.6 is 11.6 Å². The van der Waals surface area contributed by atoms with Gasteiger partial charge in [0.2, 0.25) is 5.91 Å². The zero-order valence-corrected chi connectivity index (χ0v) is 19.0. The Bertz CT molecular complexity index is 1260. The maximum atomic E-state index is 13.6. The molecule has 1 aliphatic rings. The second-order valence-corrected chi connectivity index (χ2v) is 8.68. The number of carbonyl (C=O) groups excluding carboxylic acids is 1. The van der Waals surface area contributed by atoms with Crippen LogP contribution in [0.1, 0.15) is 34.3 Å². The smallest absolute Gasteiger partial charge is 0.228 e. The molecule has 1 amide bonds. The lowest BCUT2D eigenvalue weighted by molar-refractivity contribution is -0.133. The zero-order chi connectivity index (χ0) is 22.2. The van der Waals surface area contributed by atoms with E-state index in [-0.39, 0.29) is 11.9 Å². The fourth-order valence-electron chi connectivity index (χ4n) is 4.66. The lowest BCUT2D eigenvalue weighted by Crippen LogP contribution is -2.43. The van der Waals surface area contributed by atoms with E-state index in [9.17, 15) is 4.79 Å². The van der Waals surface area contributed by atoms with Gasteiger partial charge in [0.15, 0.2) is 0 Å². The summed E-state index contributed by atoms with van der Waals surface area (Å²) in [6, 6.07) is 22.0. The third kappa shape index (κ3) is 3.63. The van der Waals surface area contributed by atoms with Crippen molar-refractivity contribution < 1.29 is 4.79 Å². The molecule has 0 saturated carbocycles. The van der Waals surface area contributed by atoms with Gasteiger partial charge in [-0.25, -0.2) is 4.68 Å². The second-order valence-electron chi connectivity index (χ2n) is 8.24. The van der Waals surface area contributed by atoms with Crippen molar-refractivity contribution in [2.45, 2.75) is 32.9 Å². The van der Waals surface area contributed by atoms with E-state index in [0.29, 0.717) is 18.0 Å². The third-order valence-corrected chi connectivity index (χ3v) is 6.57. The fraction of sp³-hybridized carbons (Fsp3) is 0.231. The zero-order valence-electron chi connectivity index (χ0n) is 18.2. The number of nitrogens with zero attached hydrogens (tertiary/aromatic N) is 4. The molecule has 2 aromatic carbocycles. The molecule has 0 fully saturated rings. The first-order valence-corrected chi connectivity index (χ1v) is 11.2. The summed E-state index contributed by atoms with van der Waals surface area (Å²) in [5.41, 5.74) is 6.06. The molecule has 0 aliphatic carbocycles. The van der Waals surface area contributed by atoms with E-state index in [1.807, 2.05) is 65.9 Å². The Morgan fingerprint density at radius 3 is 2.50 bits per heavy atom. The number of benzene rings is 2. The van der Waals surface area contributed by atoms with E-state index < -0.39 is 0 Å². The highest BCUT2D eigenvalue weighted by Crippen LogP contribution is 2.33. The van der Waals surface area contributed by atoms with Crippen LogP contribution in [0.15, 0.2) is 72.9 Å². The van der Waals surface area contributed by atoms with E-state index in [4.69, 9.17) is 16.7 Å². The minimum absolute atomic E-state index is 0.0839. The number of hydrogen-bond donors (Lipinski definition) is 0. The lowest BCUT2D eigenvalue weighted by atomic mass is 9.98. The van der Waals surface area contributed by atoms with Crippen molar-refractivity contribution in [2.24, 2.45) is 0 Å². The van der Waals surface area contributed by atoms with Gasteiger partial charge in [-0.3, -0.25) is 4.79 Å². The molecule has 3 heterocycles. The Hall–Kier alpha value is -3.31. The van der Waals surface area contributed by atoms with Crippen molar-refractivity contribution in [3.05, 3.63) is 106 Å². The average molecular weight is 445 g/mol. The quantitative estimate of drug-likeness (QED) is 0.438. The molecule has 6 heteroatoms. The van der Waals surface area contributed by atoms with Crippen LogP contribution in [0.3, 0.4) is 0 Å². The molecule has 2 aromatic heterocycles. The maximum absolute atomic E-state index is 13.6. The molecule has 5 nitrogen and oxygen atoms in total. The molecule has 5 rings (SSSR count).